The smallest absolute Gasteiger partial charge is 0.351 e. The number of likely N-dealkylation sites (N-methyl/N-ethyl adjacent to an activating group) is 1. The summed E-state index contributed by atoms with van der Waals surface area (Å²) in [6, 6.07) is 7.79. The van der Waals surface area contributed by atoms with Crippen LogP contribution in [0.15, 0.2) is 36.4 Å². The molecule has 26 heavy (non-hydrogen) atoms. The lowest BCUT2D eigenvalue weighted by atomic mass is 10.1. The number of rotatable bonds is 3. The fourth-order valence-electron chi connectivity index (χ4n) is 2.60. The van der Waals surface area contributed by atoms with Crippen LogP contribution in [0.1, 0.15) is 11.3 Å². The van der Waals surface area contributed by atoms with Crippen LogP contribution in [0.5, 0.6) is 0 Å². The maximum atomic E-state index is 12.7. The van der Waals surface area contributed by atoms with Crippen molar-refractivity contribution in [2.75, 3.05) is 30.4 Å². The van der Waals surface area contributed by atoms with E-state index in [4.69, 9.17) is 0 Å². The molecule has 138 valence electrons. The van der Waals surface area contributed by atoms with Crippen LogP contribution in [0.25, 0.3) is 0 Å². The van der Waals surface area contributed by atoms with Crippen molar-refractivity contribution in [2.24, 2.45) is 0 Å². The van der Waals surface area contributed by atoms with E-state index in [0.29, 0.717) is 13.1 Å². The second kappa shape index (κ2) is 6.81. The molecule has 0 spiro atoms. The molecule has 3 rings (SSSR count). The summed E-state index contributed by atoms with van der Waals surface area (Å²) in [7, 11) is 1.62. The molecule has 2 amide bonds. The van der Waals surface area contributed by atoms with Gasteiger partial charge in [-0.2, -0.15) is 18.3 Å². The van der Waals surface area contributed by atoms with Crippen molar-refractivity contribution >= 4 is 17.5 Å². The second-order valence-corrected chi connectivity index (χ2v) is 6.21. The molecule has 0 bridgehead atoms. The van der Waals surface area contributed by atoms with Gasteiger partial charge in [0.1, 0.15) is 0 Å². The summed E-state index contributed by atoms with van der Waals surface area (Å²) in [5.74, 6) is 0.735. The second-order valence-electron chi connectivity index (χ2n) is 6.21. The van der Waals surface area contributed by atoms with Crippen LogP contribution in [0.2, 0.25) is 0 Å². The fraction of sp³-hybridized carbons (Fsp3) is 0.353. The molecule has 0 unspecified atom stereocenters. The third-order valence-electron chi connectivity index (χ3n) is 4.28. The molecular formula is C17H18F3N5O. The van der Waals surface area contributed by atoms with Crippen LogP contribution in [-0.4, -0.2) is 47.3 Å². The Morgan fingerprint density at radius 3 is 2.58 bits per heavy atom. The minimum absolute atomic E-state index is 0.0519. The zero-order valence-electron chi connectivity index (χ0n) is 14.3. The van der Waals surface area contributed by atoms with E-state index in [-0.39, 0.29) is 11.7 Å². The average molecular weight is 365 g/mol. The maximum absolute atomic E-state index is 12.7. The fourth-order valence-corrected chi connectivity index (χ4v) is 2.60. The SMILES string of the molecule is Cc1ccc(N2CC(N(C)C(=O)Nc3cccc(C(F)(F)F)c3)C2)nn1. The molecule has 2 heterocycles. The lowest BCUT2D eigenvalue weighted by Crippen LogP contribution is -2.60. The molecule has 1 fully saturated rings. The van der Waals surface area contributed by atoms with E-state index in [9.17, 15) is 18.0 Å². The van der Waals surface area contributed by atoms with E-state index >= 15 is 0 Å². The highest BCUT2D eigenvalue weighted by Gasteiger charge is 2.34. The minimum atomic E-state index is -4.45. The number of alkyl halides is 3. The molecule has 1 aliphatic heterocycles. The Hall–Kier alpha value is -2.84. The van der Waals surface area contributed by atoms with E-state index in [0.717, 1.165) is 23.6 Å². The first-order valence-electron chi connectivity index (χ1n) is 8.00. The zero-order valence-corrected chi connectivity index (χ0v) is 14.3. The Bertz CT molecular complexity index is 788. The van der Waals surface area contributed by atoms with Crippen LogP contribution < -0.4 is 10.2 Å². The van der Waals surface area contributed by atoms with Crippen LogP contribution >= 0.6 is 0 Å². The average Bonchev–Trinajstić information content (AvgIpc) is 2.54. The molecule has 6 nitrogen and oxygen atoms in total. The van der Waals surface area contributed by atoms with Crippen molar-refractivity contribution < 1.29 is 18.0 Å². The monoisotopic (exact) mass is 365 g/mol. The summed E-state index contributed by atoms with van der Waals surface area (Å²) in [6.45, 7) is 3.02. The number of halogens is 3. The number of nitrogens with zero attached hydrogens (tertiary/aromatic N) is 4. The first kappa shape index (κ1) is 18.0. The Morgan fingerprint density at radius 1 is 1.23 bits per heavy atom. The molecule has 1 aromatic carbocycles. The maximum Gasteiger partial charge on any atom is 0.416 e. The van der Waals surface area contributed by atoms with Gasteiger partial charge in [0.15, 0.2) is 5.82 Å². The summed E-state index contributed by atoms with van der Waals surface area (Å²) >= 11 is 0. The van der Waals surface area contributed by atoms with Crippen molar-refractivity contribution in [3.63, 3.8) is 0 Å². The van der Waals surface area contributed by atoms with Crippen molar-refractivity contribution in [1.82, 2.24) is 15.1 Å². The number of benzene rings is 1. The largest absolute Gasteiger partial charge is 0.416 e. The normalized spacial score (nSPS) is 14.7. The van der Waals surface area contributed by atoms with Crippen LogP contribution in [0.3, 0.4) is 0 Å². The highest BCUT2D eigenvalue weighted by atomic mass is 19.4. The van der Waals surface area contributed by atoms with Gasteiger partial charge in [-0.3, -0.25) is 0 Å². The van der Waals surface area contributed by atoms with E-state index in [1.54, 1.807) is 7.05 Å². The summed E-state index contributed by atoms with van der Waals surface area (Å²) < 4.78 is 38.2. The van der Waals surface area contributed by atoms with E-state index in [1.807, 2.05) is 24.0 Å². The number of aryl methyl sites for hydroxylation is 1. The van der Waals surface area contributed by atoms with E-state index < -0.39 is 17.8 Å². The molecule has 1 saturated heterocycles. The van der Waals surface area contributed by atoms with Gasteiger partial charge >= 0.3 is 12.2 Å². The molecule has 0 aliphatic carbocycles. The number of hydrogen-bond acceptors (Lipinski definition) is 4. The molecule has 0 atom stereocenters. The number of amides is 2. The molecule has 1 aromatic heterocycles. The number of hydrogen-bond donors (Lipinski definition) is 1. The van der Waals surface area contributed by atoms with Crippen molar-refractivity contribution in [3.8, 4) is 0 Å². The van der Waals surface area contributed by atoms with Gasteiger partial charge in [-0.25, -0.2) is 4.79 Å². The van der Waals surface area contributed by atoms with Gasteiger partial charge < -0.3 is 15.1 Å². The van der Waals surface area contributed by atoms with Crippen molar-refractivity contribution in [3.05, 3.63) is 47.7 Å². The van der Waals surface area contributed by atoms with Crippen molar-refractivity contribution in [2.45, 2.75) is 19.1 Å². The van der Waals surface area contributed by atoms with Crippen LogP contribution in [0, 0.1) is 6.92 Å². The Kier molecular flexibility index (Phi) is 4.71. The highest BCUT2D eigenvalue weighted by Crippen LogP contribution is 2.30. The topological polar surface area (TPSA) is 61.4 Å². The first-order valence-corrected chi connectivity index (χ1v) is 8.00. The molecule has 1 aliphatic rings. The number of nitrogens with one attached hydrogen (secondary N) is 1. The van der Waals surface area contributed by atoms with Gasteiger partial charge in [0.25, 0.3) is 0 Å². The minimum Gasteiger partial charge on any atom is -0.351 e. The Morgan fingerprint density at radius 2 is 1.96 bits per heavy atom. The van der Waals surface area contributed by atoms with Crippen LogP contribution in [0.4, 0.5) is 29.5 Å². The molecule has 0 radical (unpaired) electrons. The van der Waals surface area contributed by atoms with E-state index in [1.165, 1.54) is 17.0 Å². The molecule has 9 heteroatoms. The molecule has 0 saturated carbocycles. The first-order chi connectivity index (χ1) is 12.2. The molecular weight excluding hydrogens is 347 g/mol. The van der Waals surface area contributed by atoms with Gasteiger partial charge in [-0.05, 0) is 37.3 Å². The molecule has 2 aromatic rings. The predicted octanol–water partition coefficient (Wildman–Crippen LogP) is 3.16. The summed E-state index contributed by atoms with van der Waals surface area (Å²) in [4.78, 5) is 15.7. The van der Waals surface area contributed by atoms with Gasteiger partial charge in [0.05, 0.1) is 17.3 Å². The van der Waals surface area contributed by atoms with Gasteiger partial charge in [-0.1, -0.05) is 6.07 Å². The quantitative estimate of drug-likeness (QED) is 0.908. The number of carbonyl (C=O) groups excluding carboxylic acids is 1. The lowest BCUT2D eigenvalue weighted by molar-refractivity contribution is -0.137. The van der Waals surface area contributed by atoms with Gasteiger partial charge in [0.2, 0.25) is 0 Å². The zero-order chi connectivity index (χ0) is 18.9. The van der Waals surface area contributed by atoms with Crippen molar-refractivity contribution in [1.29, 1.82) is 0 Å². The molecule has 1 N–H and O–H groups in total. The van der Waals surface area contributed by atoms with Gasteiger partial charge in [-0.15, -0.1) is 5.10 Å². The van der Waals surface area contributed by atoms with Crippen LogP contribution in [-0.2, 0) is 6.18 Å². The highest BCUT2D eigenvalue weighted by molar-refractivity contribution is 5.89. The Labute approximate surface area is 148 Å². The third-order valence-corrected chi connectivity index (χ3v) is 4.28. The predicted molar refractivity (Wildman–Crippen MR) is 91.0 cm³/mol. The van der Waals surface area contributed by atoms with Gasteiger partial charge in [0, 0.05) is 25.8 Å². The summed E-state index contributed by atoms with van der Waals surface area (Å²) in [5.41, 5.74) is 0.131. The number of anilines is 2. The standard InChI is InChI=1S/C17H18F3N5O/c1-11-6-7-15(23-22-11)25-9-14(10-25)24(2)16(26)21-13-5-3-4-12(8-13)17(18,19)20/h3-8,14H,9-10H2,1-2H3,(H,21,26). The summed E-state index contributed by atoms with van der Waals surface area (Å²) in [5, 5.41) is 10.6. The Balaban J connectivity index is 1.57. The lowest BCUT2D eigenvalue weighted by Gasteiger charge is -2.44. The number of aromatic nitrogens is 2. The third kappa shape index (κ3) is 3.87. The summed E-state index contributed by atoms with van der Waals surface area (Å²) in [6.07, 6.45) is -4.45. The van der Waals surface area contributed by atoms with E-state index in [2.05, 4.69) is 15.5 Å². The number of urea groups is 1. The number of carbonyl (C=O) groups is 1.